The average Bonchev–Trinajstić information content (AvgIpc) is 2.63. The molecular formula is C11H13N3O. The molecule has 78 valence electrons. The normalized spacial score (nSPS) is 12.9. The van der Waals surface area contributed by atoms with Crippen LogP contribution in [0.5, 0.6) is 0 Å². The molecular weight excluding hydrogens is 190 g/mol. The van der Waals surface area contributed by atoms with Gasteiger partial charge >= 0.3 is 0 Å². The molecule has 1 atom stereocenters. The minimum Gasteiger partial charge on any atom is -0.370 e. The van der Waals surface area contributed by atoms with Crippen molar-refractivity contribution in [3.8, 4) is 0 Å². The number of hydrogen-bond donors (Lipinski definition) is 3. The van der Waals surface area contributed by atoms with Crippen molar-refractivity contribution in [3.05, 3.63) is 36.0 Å². The molecule has 0 aliphatic carbocycles. The second kappa shape index (κ2) is 3.74. The van der Waals surface area contributed by atoms with Crippen LogP contribution >= 0.6 is 0 Å². The second-order valence-corrected chi connectivity index (χ2v) is 3.57. The Bertz CT molecular complexity index is 489. The Hall–Kier alpha value is -1.81. The molecule has 4 nitrogen and oxygen atoms in total. The van der Waals surface area contributed by atoms with Crippen LogP contribution in [-0.2, 0) is 4.79 Å². The Morgan fingerprint density at radius 3 is 2.93 bits per heavy atom. The highest BCUT2D eigenvalue weighted by molar-refractivity contribution is 5.84. The van der Waals surface area contributed by atoms with E-state index >= 15 is 0 Å². The third kappa shape index (κ3) is 1.85. The maximum Gasteiger partial charge on any atom is 0.219 e. The number of fused-ring (bicyclic) bond motifs is 1. The number of H-pyrrole nitrogens is 1. The molecule has 0 bridgehead atoms. The van der Waals surface area contributed by atoms with Crippen molar-refractivity contribution < 1.29 is 4.79 Å². The quantitative estimate of drug-likeness (QED) is 0.696. The first kappa shape index (κ1) is 9.73. The molecule has 1 heterocycles. The fourth-order valence-electron chi connectivity index (χ4n) is 1.74. The first-order valence-electron chi connectivity index (χ1n) is 4.78. The lowest BCUT2D eigenvalue weighted by molar-refractivity contribution is -0.118. The number of amides is 1. The van der Waals surface area contributed by atoms with Crippen LogP contribution in [0.15, 0.2) is 30.5 Å². The van der Waals surface area contributed by atoms with E-state index in [1.54, 1.807) is 0 Å². The van der Waals surface area contributed by atoms with Gasteiger partial charge in [0, 0.05) is 18.7 Å². The zero-order valence-electron chi connectivity index (χ0n) is 8.23. The average molecular weight is 203 g/mol. The van der Waals surface area contributed by atoms with Gasteiger partial charge in [0.25, 0.3) is 0 Å². The third-order valence-corrected chi connectivity index (χ3v) is 2.44. The Balaban J connectivity index is 2.42. The van der Waals surface area contributed by atoms with Crippen LogP contribution in [0.2, 0.25) is 0 Å². The smallest absolute Gasteiger partial charge is 0.219 e. The van der Waals surface area contributed by atoms with Gasteiger partial charge in [0.15, 0.2) is 0 Å². The first-order valence-corrected chi connectivity index (χ1v) is 4.78. The van der Waals surface area contributed by atoms with E-state index in [1.807, 2.05) is 30.5 Å². The van der Waals surface area contributed by atoms with Gasteiger partial charge in [-0.2, -0.15) is 0 Å². The Morgan fingerprint density at radius 2 is 2.20 bits per heavy atom. The van der Waals surface area contributed by atoms with Crippen LogP contribution in [0.25, 0.3) is 10.9 Å². The SMILES string of the molecule is NC(=O)CC(N)c1cccc2cc[nH]c12. The number of aromatic amines is 1. The molecule has 0 fully saturated rings. The number of benzene rings is 1. The van der Waals surface area contributed by atoms with E-state index < -0.39 is 0 Å². The Morgan fingerprint density at radius 1 is 1.40 bits per heavy atom. The number of rotatable bonds is 3. The zero-order chi connectivity index (χ0) is 10.8. The van der Waals surface area contributed by atoms with E-state index in [4.69, 9.17) is 11.5 Å². The van der Waals surface area contributed by atoms with Crippen molar-refractivity contribution in [2.45, 2.75) is 12.5 Å². The van der Waals surface area contributed by atoms with E-state index in [-0.39, 0.29) is 18.4 Å². The molecule has 0 aliphatic heterocycles. The molecule has 2 aromatic rings. The highest BCUT2D eigenvalue weighted by Gasteiger charge is 2.12. The van der Waals surface area contributed by atoms with E-state index in [9.17, 15) is 4.79 Å². The summed E-state index contributed by atoms with van der Waals surface area (Å²) in [5.41, 5.74) is 12.9. The molecule has 2 rings (SSSR count). The molecule has 5 N–H and O–H groups in total. The topological polar surface area (TPSA) is 84.9 Å². The number of primary amides is 1. The number of carbonyl (C=O) groups excluding carboxylic acids is 1. The van der Waals surface area contributed by atoms with Crippen molar-refractivity contribution in [3.63, 3.8) is 0 Å². The lowest BCUT2D eigenvalue weighted by Crippen LogP contribution is -2.20. The van der Waals surface area contributed by atoms with Crippen molar-refractivity contribution in [2.75, 3.05) is 0 Å². The number of aromatic nitrogens is 1. The number of nitrogens with two attached hydrogens (primary N) is 2. The fourth-order valence-corrected chi connectivity index (χ4v) is 1.74. The molecule has 1 aromatic heterocycles. The summed E-state index contributed by atoms with van der Waals surface area (Å²) >= 11 is 0. The third-order valence-electron chi connectivity index (χ3n) is 2.44. The first-order chi connectivity index (χ1) is 7.18. The lowest BCUT2D eigenvalue weighted by atomic mass is 10.0. The number of nitrogens with one attached hydrogen (secondary N) is 1. The molecule has 0 saturated carbocycles. The maximum absolute atomic E-state index is 10.8. The van der Waals surface area contributed by atoms with Gasteiger partial charge in [-0.1, -0.05) is 18.2 Å². The van der Waals surface area contributed by atoms with Gasteiger partial charge in [-0.15, -0.1) is 0 Å². The largest absolute Gasteiger partial charge is 0.370 e. The maximum atomic E-state index is 10.8. The number of carbonyl (C=O) groups is 1. The summed E-state index contributed by atoms with van der Waals surface area (Å²) in [5.74, 6) is -0.383. The van der Waals surface area contributed by atoms with Crippen molar-refractivity contribution in [1.29, 1.82) is 0 Å². The molecule has 4 heteroatoms. The van der Waals surface area contributed by atoms with Crippen molar-refractivity contribution in [1.82, 2.24) is 4.98 Å². The summed E-state index contributed by atoms with van der Waals surface area (Å²) < 4.78 is 0. The van der Waals surface area contributed by atoms with Gasteiger partial charge in [-0.25, -0.2) is 0 Å². The van der Waals surface area contributed by atoms with E-state index in [2.05, 4.69) is 4.98 Å². The minimum atomic E-state index is -0.383. The fraction of sp³-hybridized carbons (Fsp3) is 0.182. The summed E-state index contributed by atoms with van der Waals surface area (Å²) in [6, 6.07) is 7.45. The molecule has 1 amide bonds. The summed E-state index contributed by atoms with van der Waals surface area (Å²) in [6.45, 7) is 0. The number of hydrogen-bond acceptors (Lipinski definition) is 2. The molecule has 15 heavy (non-hydrogen) atoms. The van der Waals surface area contributed by atoms with Crippen LogP contribution in [0.1, 0.15) is 18.0 Å². The standard InChI is InChI=1S/C11H13N3O/c12-9(6-10(13)15)8-3-1-2-7-4-5-14-11(7)8/h1-5,9,14H,6,12H2,(H2,13,15). The van der Waals surface area contributed by atoms with Crippen LogP contribution in [-0.4, -0.2) is 10.9 Å². The summed E-state index contributed by atoms with van der Waals surface area (Å²) in [5, 5.41) is 1.09. The lowest BCUT2D eigenvalue weighted by Gasteiger charge is -2.10. The van der Waals surface area contributed by atoms with Gasteiger partial charge in [0.2, 0.25) is 5.91 Å². The van der Waals surface area contributed by atoms with Gasteiger partial charge in [-0.05, 0) is 17.0 Å². The van der Waals surface area contributed by atoms with Crippen LogP contribution in [0.4, 0.5) is 0 Å². The molecule has 1 aromatic carbocycles. The highest BCUT2D eigenvalue weighted by Crippen LogP contribution is 2.23. The predicted octanol–water partition coefficient (Wildman–Crippen LogP) is 1.04. The zero-order valence-corrected chi connectivity index (χ0v) is 8.23. The van der Waals surface area contributed by atoms with E-state index in [0.717, 1.165) is 16.5 Å². The van der Waals surface area contributed by atoms with Crippen molar-refractivity contribution >= 4 is 16.8 Å². The molecule has 0 spiro atoms. The molecule has 0 saturated heterocycles. The highest BCUT2D eigenvalue weighted by atomic mass is 16.1. The van der Waals surface area contributed by atoms with Crippen molar-refractivity contribution in [2.24, 2.45) is 11.5 Å². The monoisotopic (exact) mass is 203 g/mol. The van der Waals surface area contributed by atoms with Gasteiger partial charge in [0.1, 0.15) is 0 Å². The van der Waals surface area contributed by atoms with Gasteiger partial charge in [-0.3, -0.25) is 4.79 Å². The number of para-hydroxylation sites is 1. The predicted molar refractivity (Wildman–Crippen MR) is 59.0 cm³/mol. The summed E-state index contributed by atoms with van der Waals surface area (Å²) in [4.78, 5) is 13.9. The molecule has 0 aliphatic rings. The van der Waals surface area contributed by atoms with Crippen LogP contribution in [0.3, 0.4) is 0 Å². The van der Waals surface area contributed by atoms with Gasteiger partial charge < -0.3 is 16.5 Å². The Labute approximate surface area is 87.3 Å². The summed E-state index contributed by atoms with van der Waals surface area (Å²) in [7, 11) is 0. The van der Waals surface area contributed by atoms with Gasteiger partial charge in [0.05, 0.1) is 5.52 Å². The minimum absolute atomic E-state index is 0.165. The van der Waals surface area contributed by atoms with Crippen LogP contribution < -0.4 is 11.5 Å². The molecule has 1 unspecified atom stereocenters. The van der Waals surface area contributed by atoms with E-state index in [0.29, 0.717) is 0 Å². The molecule has 0 radical (unpaired) electrons. The van der Waals surface area contributed by atoms with E-state index in [1.165, 1.54) is 0 Å². The summed E-state index contributed by atoms with van der Waals surface area (Å²) in [6.07, 6.45) is 2.02. The second-order valence-electron chi connectivity index (χ2n) is 3.57. The van der Waals surface area contributed by atoms with Crippen LogP contribution in [0, 0.1) is 0 Å². The Kier molecular flexibility index (Phi) is 2.43.